The molecule has 6 heteroatoms. The van der Waals surface area contributed by atoms with Gasteiger partial charge in [-0.2, -0.15) is 0 Å². The highest BCUT2D eigenvalue weighted by Gasteiger charge is 2.34. The second-order valence-corrected chi connectivity index (χ2v) is 6.91. The maximum absolute atomic E-state index is 12.7. The zero-order valence-corrected chi connectivity index (χ0v) is 15.1. The predicted octanol–water partition coefficient (Wildman–Crippen LogP) is 2.98. The molecule has 2 aromatic rings. The molecule has 1 aliphatic rings. The average molecular weight is 356 g/mol. The fourth-order valence-corrected chi connectivity index (χ4v) is 3.67. The van der Waals surface area contributed by atoms with E-state index in [-0.39, 0.29) is 17.6 Å². The average Bonchev–Trinajstić information content (AvgIpc) is 3.28. The molecular formula is C20H24N2O4. The number of carbonyl (C=O) groups is 3. The Morgan fingerprint density at radius 3 is 2.58 bits per heavy atom. The van der Waals surface area contributed by atoms with Crippen molar-refractivity contribution in [3.8, 4) is 0 Å². The van der Waals surface area contributed by atoms with Crippen molar-refractivity contribution in [3.05, 3.63) is 36.0 Å². The van der Waals surface area contributed by atoms with Crippen LogP contribution in [0.4, 0.5) is 0 Å². The van der Waals surface area contributed by atoms with Crippen molar-refractivity contribution in [2.75, 3.05) is 0 Å². The van der Waals surface area contributed by atoms with E-state index in [9.17, 15) is 14.4 Å². The Bertz CT molecular complexity index is 820. The molecule has 2 N–H and O–H groups in total. The van der Waals surface area contributed by atoms with Crippen molar-refractivity contribution in [1.82, 2.24) is 10.3 Å². The number of para-hydroxylation sites is 1. The highest BCUT2D eigenvalue weighted by atomic mass is 16.5. The number of amides is 1. The molecule has 0 saturated heterocycles. The monoisotopic (exact) mass is 356 g/mol. The Hall–Kier alpha value is -2.63. The van der Waals surface area contributed by atoms with E-state index in [2.05, 4.69) is 10.3 Å². The summed E-state index contributed by atoms with van der Waals surface area (Å²) in [5.74, 6) is -0.993. The molecule has 0 spiro atoms. The van der Waals surface area contributed by atoms with E-state index in [1.54, 1.807) is 13.1 Å². The number of Topliss-reactive ketones (excluding diaryl/α,β-unsaturated/α-hetero) is 1. The zero-order valence-electron chi connectivity index (χ0n) is 15.1. The SMILES string of the molecule is CC(=O)N[C@@H](C(=O)O[C@H](C)C(=O)c1c[nH]c2ccccc12)C1CCCC1. The summed E-state index contributed by atoms with van der Waals surface area (Å²) in [7, 11) is 0. The summed E-state index contributed by atoms with van der Waals surface area (Å²) in [6.45, 7) is 2.96. The van der Waals surface area contributed by atoms with Crippen molar-refractivity contribution < 1.29 is 19.1 Å². The van der Waals surface area contributed by atoms with E-state index < -0.39 is 18.1 Å². The summed E-state index contributed by atoms with van der Waals surface area (Å²) < 4.78 is 5.44. The van der Waals surface area contributed by atoms with E-state index in [1.165, 1.54) is 6.92 Å². The number of hydrogen-bond acceptors (Lipinski definition) is 4. The second kappa shape index (κ2) is 7.72. The van der Waals surface area contributed by atoms with Crippen LogP contribution in [0.25, 0.3) is 10.9 Å². The van der Waals surface area contributed by atoms with Crippen LogP contribution < -0.4 is 5.32 Å². The van der Waals surface area contributed by atoms with E-state index in [4.69, 9.17) is 4.74 Å². The van der Waals surface area contributed by atoms with E-state index >= 15 is 0 Å². The summed E-state index contributed by atoms with van der Waals surface area (Å²) in [6, 6.07) is 6.79. The maximum Gasteiger partial charge on any atom is 0.329 e. The van der Waals surface area contributed by atoms with E-state index in [0.717, 1.165) is 36.6 Å². The van der Waals surface area contributed by atoms with Crippen molar-refractivity contribution in [2.45, 2.75) is 51.7 Å². The Labute approximate surface area is 152 Å². The number of aromatic amines is 1. The summed E-state index contributed by atoms with van der Waals surface area (Å²) in [4.78, 5) is 39.9. The number of fused-ring (bicyclic) bond motifs is 1. The summed E-state index contributed by atoms with van der Waals surface area (Å²) in [5, 5.41) is 3.50. The molecule has 0 unspecified atom stereocenters. The predicted molar refractivity (Wildman–Crippen MR) is 97.7 cm³/mol. The largest absolute Gasteiger partial charge is 0.453 e. The first-order chi connectivity index (χ1) is 12.5. The first-order valence-electron chi connectivity index (χ1n) is 9.05. The van der Waals surface area contributed by atoms with Gasteiger partial charge in [0.1, 0.15) is 6.04 Å². The van der Waals surface area contributed by atoms with Crippen LogP contribution >= 0.6 is 0 Å². The Morgan fingerprint density at radius 1 is 1.19 bits per heavy atom. The van der Waals surface area contributed by atoms with Gasteiger partial charge in [-0.3, -0.25) is 9.59 Å². The molecule has 1 aromatic heterocycles. The number of ether oxygens (including phenoxy) is 1. The molecule has 1 fully saturated rings. The minimum atomic E-state index is -0.917. The van der Waals surface area contributed by atoms with Crippen LogP contribution in [0.1, 0.15) is 49.9 Å². The Kier molecular flexibility index (Phi) is 5.40. The molecule has 1 saturated carbocycles. The molecule has 1 aromatic carbocycles. The summed E-state index contributed by atoms with van der Waals surface area (Å²) >= 11 is 0. The molecule has 0 bridgehead atoms. The summed E-state index contributed by atoms with van der Waals surface area (Å²) in [5.41, 5.74) is 1.36. The molecular weight excluding hydrogens is 332 g/mol. The molecule has 1 amide bonds. The van der Waals surface area contributed by atoms with Crippen molar-refractivity contribution in [2.24, 2.45) is 5.92 Å². The van der Waals surface area contributed by atoms with Gasteiger partial charge in [0.15, 0.2) is 6.10 Å². The van der Waals surface area contributed by atoms with Crippen LogP contribution in [-0.2, 0) is 14.3 Å². The smallest absolute Gasteiger partial charge is 0.329 e. The molecule has 1 heterocycles. The minimum absolute atomic E-state index is 0.0711. The van der Waals surface area contributed by atoms with Crippen LogP contribution in [0.3, 0.4) is 0 Å². The van der Waals surface area contributed by atoms with Gasteiger partial charge < -0.3 is 15.0 Å². The number of H-pyrrole nitrogens is 1. The highest BCUT2D eigenvalue weighted by molar-refractivity contribution is 6.10. The second-order valence-electron chi connectivity index (χ2n) is 6.91. The first-order valence-corrected chi connectivity index (χ1v) is 9.05. The Balaban J connectivity index is 1.72. The van der Waals surface area contributed by atoms with Gasteiger partial charge in [0.2, 0.25) is 11.7 Å². The van der Waals surface area contributed by atoms with Crippen LogP contribution in [0.2, 0.25) is 0 Å². The standard InChI is InChI=1S/C20H24N2O4/c1-12(19(24)16-11-21-17-10-6-5-9-15(16)17)26-20(25)18(22-13(2)23)14-7-3-4-8-14/h5-6,9-12,14,18,21H,3-4,7-8H2,1-2H3,(H,22,23)/t12-,18-/m1/s1. The first kappa shape index (κ1) is 18.2. The number of ketones is 1. The van der Waals surface area contributed by atoms with Crippen molar-refractivity contribution >= 4 is 28.6 Å². The lowest BCUT2D eigenvalue weighted by Crippen LogP contribution is -2.46. The number of hydrogen-bond donors (Lipinski definition) is 2. The van der Waals surface area contributed by atoms with E-state index in [0.29, 0.717) is 5.56 Å². The number of esters is 1. The topological polar surface area (TPSA) is 88.3 Å². The Morgan fingerprint density at radius 2 is 1.88 bits per heavy atom. The fraction of sp³-hybridized carbons (Fsp3) is 0.450. The van der Waals surface area contributed by atoms with Gasteiger partial charge in [0.05, 0.1) is 0 Å². The van der Waals surface area contributed by atoms with Gasteiger partial charge in [0, 0.05) is 29.6 Å². The van der Waals surface area contributed by atoms with Gasteiger partial charge in [0.25, 0.3) is 0 Å². The maximum atomic E-state index is 12.7. The lowest BCUT2D eigenvalue weighted by molar-refractivity contribution is -0.151. The quantitative estimate of drug-likeness (QED) is 0.615. The molecule has 26 heavy (non-hydrogen) atoms. The number of carbonyl (C=O) groups excluding carboxylic acids is 3. The van der Waals surface area contributed by atoms with Gasteiger partial charge in [-0.05, 0) is 31.7 Å². The minimum Gasteiger partial charge on any atom is -0.453 e. The highest BCUT2D eigenvalue weighted by Crippen LogP contribution is 2.29. The van der Waals surface area contributed by atoms with Crippen LogP contribution in [-0.4, -0.2) is 34.8 Å². The third kappa shape index (κ3) is 3.79. The number of nitrogens with one attached hydrogen (secondary N) is 2. The molecule has 1 aliphatic carbocycles. The van der Waals surface area contributed by atoms with Gasteiger partial charge in [-0.15, -0.1) is 0 Å². The van der Waals surface area contributed by atoms with Crippen LogP contribution in [0.15, 0.2) is 30.5 Å². The number of rotatable bonds is 6. The summed E-state index contributed by atoms with van der Waals surface area (Å²) in [6.07, 6.45) is 4.56. The van der Waals surface area contributed by atoms with Gasteiger partial charge in [-0.25, -0.2) is 4.79 Å². The lowest BCUT2D eigenvalue weighted by Gasteiger charge is -2.24. The number of benzene rings is 1. The molecule has 0 radical (unpaired) electrons. The molecule has 0 aliphatic heterocycles. The lowest BCUT2D eigenvalue weighted by atomic mass is 9.98. The van der Waals surface area contributed by atoms with E-state index in [1.807, 2.05) is 24.3 Å². The van der Waals surface area contributed by atoms with Crippen molar-refractivity contribution in [1.29, 1.82) is 0 Å². The zero-order chi connectivity index (χ0) is 18.7. The van der Waals surface area contributed by atoms with Gasteiger partial charge >= 0.3 is 5.97 Å². The fourth-order valence-electron chi connectivity index (χ4n) is 3.67. The number of aromatic nitrogens is 1. The third-order valence-corrected chi connectivity index (χ3v) is 5.00. The third-order valence-electron chi connectivity index (χ3n) is 5.00. The normalized spacial score (nSPS) is 17.0. The van der Waals surface area contributed by atoms with Crippen molar-refractivity contribution in [3.63, 3.8) is 0 Å². The van der Waals surface area contributed by atoms with Crippen LogP contribution in [0, 0.1) is 5.92 Å². The van der Waals surface area contributed by atoms with Gasteiger partial charge in [-0.1, -0.05) is 31.0 Å². The molecule has 138 valence electrons. The van der Waals surface area contributed by atoms with Crippen LogP contribution in [0.5, 0.6) is 0 Å². The molecule has 2 atom stereocenters. The molecule has 3 rings (SSSR count). The molecule has 6 nitrogen and oxygen atoms in total.